The van der Waals surface area contributed by atoms with Gasteiger partial charge < -0.3 is 4.74 Å². The van der Waals surface area contributed by atoms with Gasteiger partial charge in [0.2, 0.25) is 0 Å². The lowest BCUT2D eigenvalue weighted by Gasteiger charge is -2.11. The highest BCUT2D eigenvalue weighted by Crippen LogP contribution is 2.23. The fraction of sp³-hybridized carbons (Fsp3) is 0.211. The molecular weight excluding hydrogens is 336 g/mol. The van der Waals surface area contributed by atoms with Crippen LogP contribution in [-0.4, -0.2) is 20.6 Å². The number of aromatic nitrogens is 2. The number of fused-ring (bicyclic) bond motifs is 1. The van der Waals surface area contributed by atoms with E-state index >= 15 is 0 Å². The molecule has 0 radical (unpaired) electrons. The predicted octanol–water partition coefficient (Wildman–Crippen LogP) is 3.23. The number of thioether (sulfide) groups is 1. The van der Waals surface area contributed by atoms with Crippen molar-refractivity contribution < 1.29 is 9.53 Å². The van der Waals surface area contributed by atoms with Gasteiger partial charge in [-0.25, -0.2) is 4.98 Å². The van der Waals surface area contributed by atoms with Gasteiger partial charge in [0.1, 0.15) is 17.5 Å². The summed E-state index contributed by atoms with van der Waals surface area (Å²) in [6.45, 7) is 3.69. The third-order valence-electron chi connectivity index (χ3n) is 3.61. The lowest BCUT2D eigenvalue weighted by atomic mass is 10.3. The second kappa shape index (κ2) is 7.53. The Kier molecular flexibility index (Phi) is 5.19. The number of rotatable bonds is 5. The average Bonchev–Trinajstić information content (AvgIpc) is 2.61. The van der Waals surface area contributed by atoms with Gasteiger partial charge in [-0.2, -0.15) is 0 Å². The van der Waals surface area contributed by atoms with E-state index in [1.807, 2.05) is 43.3 Å². The van der Waals surface area contributed by atoms with Gasteiger partial charge in [-0.15, -0.1) is 11.8 Å². The number of ether oxygens (including phenoxy) is 1. The number of nitrogens with zero attached hydrogens (tertiary/aromatic N) is 2. The Bertz CT molecular complexity index is 954. The van der Waals surface area contributed by atoms with Crippen molar-refractivity contribution in [2.75, 3.05) is 0 Å². The molecule has 128 valence electrons. The van der Waals surface area contributed by atoms with Crippen molar-refractivity contribution in [3.05, 3.63) is 76.3 Å². The highest BCUT2D eigenvalue weighted by molar-refractivity contribution is 8.00. The Morgan fingerprint density at radius 3 is 2.76 bits per heavy atom. The minimum Gasteiger partial charge on any atom is -0.458 e. The molecule has 0 aliphatic heterocycles. The van der Waals surface area contributed by atoms with Crippen LogP contribution in [-0.2, 0) is 16.1 Å². The van der Waals surface area contributed by atoms with Crippen molar-refractivity contribution in [3.63, 3.8) is 0 Å². The monoisotopic (exact) mass is 354 g/mol. The van der Waals surface area contributed by atoms with Crippen LogP contribution in [0.2, 0.25) is 0 Å². The molecule has 3 rings (SSSR count). The maximum absolute atomic E-state index is 12.2. The van der Waals surface area contributed by atoms with Crippen molar-refractivity contribution in [2.24, 2.45) is 0 Å². The highest BCUT2D eigenvalue weighted by atomic mass is 32.2. The largest absolute Gasteiger partial charge is 0.458 e. The number of esters is 1. The second-order valence-electron chi connectivity index (χ2n) is 5.70. The van der Waals surface area contributed by atoms with Gasteiger partial charge in [-0.1, -0.05) is 24.3 Å². The molecule has 2 heterocycles. The van der Waals surface area contributed by atoms with Crippen LogP contribution in [0.15, 0.2) is 64.4 Å². The van der Waals surface area contributed by atoms with E-state index in [2.05, 4.69) is 4.98 Å². The predicted molar refractivity (Wildman–Crippen MR) is 97.8 cm³/mol. The number of carbonyl (C=O) groups excluding carboxylic acids is 1. The molecule has 0 saturated heterocycles. The number of carbonyl (C=O) groups is 1. The van der Waals surface area contributed by atoms with Crippen LogP contribution < -0.4 is 5.56 Å². The van der Waals surface area contributed by atoms with Crippen molar-refractivity contribution in [1.82, 2.24) is 9.38 Å². The number of pyridine rings is 1. The Hall–Kier alpha value is -2.60. The number of hydrogen-bond donors (Lipinski definition) is 0. The molecule has 1 atom stereocenters. The summed E-state index contributed by atoms with van der Waals surface area (Å²) in [6, 6.07) is 14.7. The normalized spacial score (nSPS) is 12.1. The molecule has 25 heavy (non-hydrogen) atoms. The molecule has 0 spiro atoms. The molecule has 0 bridgehead atoms. The fourth-order valence-corrected chi connectivity index (χ4v) is 3.23. The first-order valence-electron chi connectivity index (χ1n) is 7.90. The van der Waals surface area contributed by atoms with Crippen LogP contribution in [0.4, 0.5) is 0 Å². The van der Waals surface area contributed by atoms with Gasteiger partial charge >= 0.3 is 5.97 Å². The highest BCUT2D eigenvalue weighted by Gasteiger charge is 2.16. The summed E-state index contributed by atoms with van der Waals surface area (Å²) in [5.41, 5.74) is 1.77. The van der Waals surface area contributed by atoms with Crippen LogP contribution in [0.5, 0.6) is 0 Å². The molecule has 3 aromatic rings. The van der Waals surface area contributed by atoms with Crippen LogP contribution in [0.3, 0.4) is 0 Å². The molecule has 1 aromatic carbocycles. The first kappa shape index (κ1) is 17.2. The summed E-state index contributed by atoms with van der Waals surface area (Å²) >= 11 is 1.43. The van der Waals surface area contributed by atoms with E-state index in [9.17, 15) is 9.59 Å². The quantitative estimate of drug-likeness (QED) is 0.520. The summed E-state index contributed by atoms with van der Waals surface area (Å²) < 4.78 is 6.80. The van der Waals surface area contributed by atoms with Crippen LogP contribution in [0.25, 0.3) is 5.65 Å². The van der Waals surface area contributed by atoms with Crippen LogP contribution in [0, 0.1) is 6.92 Å². The first-order valence-corrected chi connectivity index (χ1v) is 8.78. The van der Waals surface area contributed by atoms with E-state index in [0.29, 0.717) is 11.3 Å². The van der Waals surface area contributed by atoms with Gasteiger partial charge in [0.05, 0.1) is 5.69 Å². The standard InChI is InChI=1S/C19H18N2O3S/c1-13-8-9-17-20-15(10-18(22)21(17)11-13)12-24-19(23)14(2)25-16-6-4-3-5-7-16/h3-11,14H,12H2,1-2H3/t14-/m1/s1. The molecule has 0 N–H and O–H groups in total. The zero-order valence-electron chi connectivity index (χ0n) is 14.0. The molecule has 0 saturated carbocycles. The molecule has 0 aliphatic rings. The van der Waals surface area contributed by atoms with E-state index in [0.717, 1.165) is 10.5 Å². The Morgan fingerprint density at radius 1 is 1.24 bits per heavy atom. The number of benzene rings is 1. The molecule has 0 fully saturated rings. The number of aryl methyl sites for hydroxylation is 1. The van der Waals surface area contributed by atoms with Gasteiger partial charge in [-0.3, -0.25) is 14.0 Å². The average molecular weight is 354 g/mol. The van der Waals surface area contributed by atoms with Crippen molar-refractivity contribution >= 4 is 23.4 Å². The molecule has 6 heteroatoms. The minimum atomic E-state index is -0.341. The fourth-order valence-electron chi connectivity index (χ4n) is 2.35. The molecule has 0 aliphatic carbocycles. The maximum Gasteiger partial charge on any atom is 0.319 e. The summed E-state index contributed by atoms with van der Waals surface area (Å²) in [5.74, 6) is -0.334. The lowest BCUT2D eigenvalue weighted by Crippen LogP contribution is -2.19. The first-order chi connectivity index (χ1) is 12.0. The molecule has 2 aromatic heterocycles. The SMILES string of the molecule is Cc1ccc2nc(COC(=O)[C@@H](C)Sc3ccccc3)cc(=O)n2c1. The summed E-state index contributed by atoms with van der Waals surface area (Å²) in [6.07, 6.45) is 1.74. The maximum atomic E-state index is 12.2. The van der Waals surface area contributed by atoms with Gasteiger partial charge in [0.25, 0.3) is 5.56 Å². The van der Waals surface area contributed by atoms with E-state index < -0.39 is 0 Å². The number of hydrogen-bond acceptors (Lipinski definition) is 5. The smallest absolute Gasteiger partial charge is 0.319 e. The summed E-state index contributed by atoms with van der Waals surface area (Å²) in [4.78, 5) is 29.7. The Labute approximate surface area is 149 Å². The lowest BCUT2D eigenvalue weighted by molar-refractivity contribution is -0.144. The third kappa shape index (κ3) is 4.28. The zero-order valence-corrected chi connectivity index (χ0v) is 14.8. The topological polar surface area (TPSA) is 60.7 Å². The minimum absolute atomic E-state index is 0.0157. The van der Waals surface area contributed by atoms with Gasteiger partial charge in [-0.05, 0) is 37.6 Å². The molecule has 0 unspecified atom stereocenters. The van der Waals surface area contributed by atoms with E-state index in [1.54, 1.807) is 19.2 Å². The van der Waals surface area contributed by atoms with E-state index in [1.165, 1.54) is 22.2 Å². The third-order valence-corrected chi connectivity index (χ3v) is 4.70. The second-order valence-corrected chi connectivity index (χ2v) is 7.12. The summed E-state index contributed by atoms with van der Waals surface area (Å²) in [5, 5.41) is -0.341. The van der Waals surface area contributed by atoms with Crippen molar-refractivity contribution in [3.8, 4) is 0 Å². The van der Waals surface area contributed by atoms with E-state index in [-0.39, 0.29) is 23.4 Å². The molecule has 5 nitrogen and oxygen atoms in total. The van der Waals surface area contributed by atoms with Crippen LogP contribution in [0.1, 0.15) is 18.2 Å². The zero-order chi connectivity index (χ0) is 17.8. The van der Waals surface area contributed by atoms with E-state index in [4.69, 9.17) is 4.74 Å². The Balaban J connectivity index is 1.66. The van der Waals surface area contributed by atoms with Crippen molar-refractivity contribution in [1.29, 1.82) is 0 Å². The van der Waals surface area contributed by atoms with Gasteiger partial charge in [0.15, 0.2) is 0 Å². The summed E-state index contributed by atoms with van der Waals surface area (Å²) in [7, 11) is 0. The molecular formula is C19H18N2O3S. The van der Waals surface area contributed by atoms with Crippen LogP contribution >= 0.6 is 11.8 Å². The Morgan fingerprint density at radius 2 is 2.00 bits per heavy atom. The van der Waals surface area contributed by atoms with Crippen molar-refractivity contribution in [2.45, 2.75) is 30.6 Å². The molecule has 0 amide bonds. The van der Waals surface area contributed by atoms with Gasteiger partial charge in [0, 0.05) is 17.2 Å².